The van der Waals surface area contributed by atoms with E-state index in [1.54, 1.807) is 30.9 Å². The SMILES string of the molecule is CN=C(NCc1ccc(F)c(CO)c1)NCc1ccc(C)cc1SC. The van der Waals surface area contributed by atoms with Crippen LogP contribution in [0.3, 0.4) is 0 Å². The monoisotopic (exact) mass is 361 g/mol. The molecule has 2 aromatic carbocycles. The molecule has 0 unspecified atom stereocenters. The number of aryl methyl sites for hydroxylation is 1. The zero-order valence-electron chi connectivity index (χ0n) is 14.8. The van der Waals surface area contributed by atoms with Gasteiger partial charge in [-0.25, -0.2) is 4.39 Å². The molecule has 0 aliphatic heterocycles. The van der Waals surface area contributed by atoms with Crippen LogP contribution in [-0.2, 0) is 19.7 Å². The summed E-state index contributed by atoms with van der Waals surface area (Å²) in [6.45, 7) is 2.94. The summed E-state index contributed by atoms with van der Waals surface area (Å²) < 4.78 is 13.4. The lowest BCUT2D eigenvalue weighted by Crippen LogP contribution is -2.36. The second kappa shape index (κ2) is 9.44. The van der Waals surface area contributed by atoms with Gasteiger partial charge in [0.15, 0.2) is 5.96 Å². The number of aliphatic imine (C=N–C) groups is 1. The van der Waals surface area contributed by atoms with Gasteiger partial charge in [-0.2, -0.15) is 0 Å². The van der Waals surface area contributed by atoms with Gasteiger partial charge < -0.3 is 15.7 Å². The molecule has 3 N–H and O–H groups in total. The standard InChI is InChI=1S/C19H24FN3OS/c1-13-4-6-15(18(8-13)25-3)11-23-19(21-2)22-10-14-5-7-17(20)16(9-14)12-24/h4-9,24H,10-12H2,1-3H3,(H2,21,22,23). The summed E-state index contributed by atoms with van der Waals surface area (Å²) in [7, 11) is 1.71. The minimum atomic E-state index is -0.391. The lowest BCUT2D eigenvalue weighted by Gasteiger charge is -2.14. The summed E-state index contributed by atoms with van der Waals surface area (Å²) in [5.74, 6) is 0.278. The lowest BCUT2D eigenvalue weighted by molar-refractivity contribution is 0.275. The van der Waals surface area contributed by atoms with Crippen LogP contribution in [0.4, 0.5) is 4.39 Å². The van der Waals surface area contributed by atoms with Crippen LogP contribution in [0.5, 0.6) is 0 Å². The van der Waals surface area contributed by atoms with Gasteiger partial charge in [0.1, 0.15) is 5.82 Å². The van der Waals surface area contributed by atoms with Crippen molar-refractivity contribution in [1.29, 1.82) is 0 Å². The first-order valence-electron chi connectivity index (χ1n) is 8.03. The molecular weight excluding hydrogens is 337 g/mol. The highest BCUT2D eigenvalue weighted by Crippen LogP contribution is 2.21. The Morgan fingerprint density at radius 3 is 2.56 bits per heavy atom. The maximum absolute atomic E-state index is 13.4. The summed E-state index contributed by atoms with van der Waals surface area (Å²) in [5, 5.41) is 15.6. The first-order chi connectivity index (χ1) is 12.1. The second-order valence-corrected chi connectivity index (χ2v) is 6.53. The fourth-order valence-electron chi connectivity index (χ4n) is 2.44. The predicted molar refractivity (Wildman–Crippen MR) is 102 cm³/mol. The molecule has 25 heavy (non-hydrogen) atoms. The Balaban J connectivity index is 1.95. The van der Waals surface area contributed by atoms with E-state index in [4.69, 9.17) is 5.11 Å². The molecule has 2 aromatic rings. The molecule has 0 saturated carbocycles. The van der Waals surface area contributed by atoms with Gasteiger partial charge in [0.2, 0.25) is 0 Å². The van der Waals surface area contributed by atoms with E-state index in [2.05, 4.69) is 47.0 Å². The zero-order chi connectivity index (χ0) is 18.2. The number of hydrogen-bond donors (Lipinski definition) is 3. The molecule has 0 radical (unpaired) electrons. The van der Waals surface area contributed by atoms with E-state index in [-0.39, 0.29) is 6.61 Å². The second-order valence-electron chi connectivity index (χ2n) is 5.68. The highest BCUT2D eigenvalue weighted by atomic mass is 32.2. The van der Waals surface area contributed by atoms with E-state index in [1.165, 1.54) is 22.1 Å². The van der Waals surface area contributed by atoms with Crippen LogP contribution in [-0.4, -0.2) is 24.4 Å². The Morgan fingerprint density at radius 2 is 1.88 bits per heavy atom. The molecule has 0 heterocycles. The topological polar surface area (TPSA) is 56.7 Å². The number of aliphatic hydroxyl groups excluding tert-OH is 1. The maximum atomic E-state index is 13.4. The molecule has 0 fully saturated rings. The number of nitrogens with one attached hydrogen (secondary N) is 2. The van der Waals surface area contributed by atoms with Crippen LogP contribution in [0.15, 0.2) is 46.3 Å². The van der Waals surface area contributed by atoms with Crippen molar-refractivity contribution >= 4 is 17.7 Å². The smallest absolute Gasteiger partial charge is 0.191 e. The Bertz CT molecular complexity index is 749. The third kappa shape index (κ3) is 5.47. The van der Waals surface area contributed by atoms with Gasteiger partial charge in [0, 0.05) is 30.6 Å². The summed E-state index contributed by atoms with van der Waals surface area (Å²) in [6.07, 6.45) is 2.07. The van der Waals surface area contributed by atoms with E-state index in [9.17, 15) is 4.39 Å². The molecule has 4 nitrogen and oxygen atoms in total. The Labute approximate surface area is 152 Å². The molecule has 0 bridgehead atoms. The summed E-state index contributed by atoms with van der Waals surface area (Å²) in [6, 6.07) is 11.1. The molecular formula is C19H24FN3OS. The highest BCUT2D eigenvalue weighted by molar-refractivity contribution is 7.98. The molecule has 2 rings (SSSR count). The number of aliphatic hydroxyl groups is 1. The van der Waals surface area contributed by atoms with E-state index in [1.807, 2.05) is 0 Å². The molecule has 0 saturated heterocycles. The van der Waals surface area contributed by atoms with Gasteiger partial charge in [0.25, 0.3) is 0 Å². The third-order valence-electron chi connectivity index (χ3n) is 3.85. The fraction of sp³-hybridized carbons (Fsp3) is 0.316. The van der Waals surface area contributed by atoms with Crippen molar-refractivity contribution in [1.82, 2.24) is 10.6 Å². The molecule has 0 atom stereocenters. The first kappa shape index (κ1) is 19.3. The molecule has 134 valence electrons. The average Bonchev–Trinajstić information content (AvgIpc) is 2.63. The van der Waals surface area contributed by atoms with Crippen LogP contribution in [0.25, 0.3) is 0 Å². The van der Waals surface area contributed by atoms with Crippen molar-refractivity contribution in [3.05, 3.63) is 64.5 Å². The molecule has 0 aliphatic rings. The Kier molecular flexibility index (Phi) is 7.28. The van der Waals surface area contributed by atoms with Gasteiger partial charge in [-0.3, -0.25) is 4.99 Å². The van der Waals surface area contributed by atoms with E-state index in [0.29, 0.717) is 24.6 Å². The molecule has 6 heteroatoms. The maximum Gasteiger partial charge on any atom is 0.191 e. The van der Waals surface area contributed by atoms with E-state index in [0.717, 1.165) is 5.56 Å². The first-order valence-corrected chi connectivity index (χ1v) is 9.26. The zero-order valence-corrected chi connectivity index (χ0v) is 15.6. The van der Waals surface area contributed by atoms with E-state index >= 15 is 0 Å². The summed E-state index contributed by atoms with van der Waals surface area (Å²) >= 11 is 1.73. The van der Waals surface area contributed by atoms with Crippen LogP contribution < -0.4 is 10.6 Å². The minimum Gasteiger partial charge on any atom is -0.392 e. The quantitative estimate of drug-likeness (QED) is 0.420. The fourth-order valence-corrected chi connectivity index (χ4v) is 3.15. The third-order valence-corrected chi connectivity index (χ3v) is 4.67. The Morgan fingerprint density at radius 1 is 1.12 bits per heavy atom. The highest BCUT2D eigenvalue weighted by Gasteiger charge is 2.06. The number of guanidine groups is 1. The van der Waals surface area contributed by atoms with Crippen molar-refractivity contribution < 1.29 is 9.50 Å². The molecule has 0 spiro atoms. The number of thioether (sulfide) groups is 1. The lowest BCUT2D eigenvalue weighted by atomic mass is 10.1. The van der Waals surface area contributed by atoms with Gasteiger partial charge in [-0.15, -0.1) is 11.8 Å². The number of rotatable bonds is 6. The van der Waals surface area contributed by atoms with Gasteiger partial charge in [-0.05, 0) is 48.1 Å². The molecule has 0 amide bonds. The predicted octanol–water partition coefficient (Wildman–Crippen LogP) is 3.21. The van der Waals surface area contributed by atoms with Crippen LogP contribution >= 0.6 is 11.8 Å². The largest absolute Gasteiger partial charge is 0.392 e. The van der Waals surface area contributed by atoms with Crippen LogP contribution in [0, 0.1) is 12.7 Å². The van der Waals surface area contributed by atoms with Crippen molar-refractivity contribution in [2.24, 2.45) is 4.99 Å². The minimum absolute atomic E-state index is 0.298. The number of hydrogen-bond acceptors (Lipinski definition) is 3. The van der Waals surface area contributed by atoms with Gasteiger partial charge >= 0.3 is 0 Å². The number of halogens is 1. The van der Waals surface area contributed by atoms with Gasteiger partial charge in [-0.1, -0.05) is 18.2 Å². The summed E-state index contributed by atoms with van der Waals surface area (Å²) in [4.78, 5) is 5.46. The Hall–Kier alpha value is -2.05. The van der Waals surface area contributed by atoms with Crippen molar-refractivity contribution in [2.45, 2.75) is 31.5 Å². The van der Waals surface area contributed by atoms with Crippen LogP contribution in [0.2, 0.25) is 0 Å². The normalized spacial score (nSPS) is 11.5. The van der Waals surface area contributed by atoms with E-state index < -0.39 is 5.82 Å². The summed E-state index contributed by atoms with van der Waals surface area (Å²) in [5.41, 5.74) is 3.64. The van der Waals surface area contributed by atoms with Crippen molar-refractivity contribution in [3.63, 3.8) is 0 Å². The molecule has 0 aliphatic carbocycles. The molecule has 0 aromatic heterocycles. The van der Waals surface area contributed by atoms with Crippen molar-refractivity contribution in [3.8, 4) is 0 Å². The number of benzene rings is 2. The van der Waals surface area contributed by atoms with Crippen molar-refractivity contribution in [2.75, 3.05) is 13.3 Å². The van der Waals surface area contributed by atoms with Crippen LogP contribution in [0.1, 0.15) is 22.3 Å². The number of nitrogens with zero attached hydrogens (tertiary/aromatic N) is 1. The average molecular weight is 361 g/mol. The van der Waals surface area contributed by atoms with Gasteiger partial charge in [0.05, 0.1) is 6.61 Å².